The van der Waals surface area contributed by atoms with Crippen LogP contribution in [-0.2, 0) is 52.8 Å². The summed E-state index contributed by atoms with van der Waals surface area (Å²) in [5.74, 6) is 2.25. The molecule has 2 saturated heterocycles. The number of rotatable bonds is 9. The van der Waals surface area contributed by atoms with Gasteiger partial charge in [0.05, 0.1) is 35.0 Å². The van der Waals surface area contributed by atoms with Gasteiger partial charge in [-0.25, -0.2) is 10.4 Å². The van der Waals surface area contributed by atoms with E-state index in [1.807, 2.05) is 32.9 Å². The standard InChI is InChI=1S/C49H63N9O7S/c1-10-14-39(59)56-22-19-31(26-56)46(61)55(8)42(28(3)4)45(60)52-36-24-38-53-41(44(50)66-38)30-17-18-37-33(23-30)34(43(57(37)11-2)32-15-12-20-51-40(32)29(5)64-9)25-49(6,7)27-65-48(63)35-16-13-21-58(54-35)47(36)62/h12,15,17-18,20,23,28-29,31,35-36,42,54H,11,13,16,19,21-22,24-27,50H2,1-9H3,(H,52,60)/t29-,31-,35-,36-,42?/m0/s1. The molecule has 0 saturated carbocycles. The Morgan fingerprint density at radius 3 is 2.64 bits per heavy atom. The Kier molecular flexibility index (Phi) is 14.5. The number of methoxy groups -OCH3 is 1. The molecule has 17 heteroatoms. The van der Waals surface area contributed by atoms with Crippen LogP contribution in [0.15, 0.2) is 36.5 Å². The molecule has 66 heavy (non-hydrogen) atoms. The van der Waals surface area contributed by atoms with Crippen LogP contribution >= 0.6 is 11.3 Å². The molecule has 6 heterocycles. The predicted molar refractivity (Wildman–Crippen MR) is 253 cm³/mol. The van der Waals surface area contributed by atoms with Crippen molar-refractivity contribution < 1.29 is 33.4 Å². The highest BCUT2D eigenvalue weighted by Crippen LogP contribution is 2.43. The van der Waals surface area contributed by atoms with Crippen LogP contribution in [0.1, 0.15) is 90.1 Å². The van der Waals surface area contributed by atoms with Crippen LogP contribution in [0.25, 0.3) is 33.4 Å². The van der Waals surface area contributed by atoms with E-state index >= 15 is 0 Å². The van der Waals surface area contributed by atoms with E-state index in [4.69, 9.17) is 25.2 Å². The molecule has 4 amide bonds. The van der Waals surface area contributed by atoms with Gasteiger partial charge in [0, 0.05) is 80.4 Å². The van der Waals surface area contributed by atoms with Crippen LogP contribution in [0.4, 0.5) is 5.00 Å². The number of likely N-dealkylation sites (N-methyl/N-ethyl adjacent to an activating group) is 1. The van der Waals surface area contributed by atoms with Crippen molar-refractivity contribution in [2.24, 2.45) is 17.3 Å². The number of carbonyl (C=O) groups is 5. The lowest BCUT2D eigenvalue weighted by Gasteiger charge is -2.36. The van der Waals surface area contributed by atoms with Gasteiger partial charge >= 0.3 is 5.97 Å². The fourth-order valence-electron chi connectivity index (χ4n) is 9.63. The van der Waals surface area contributed by atoms with Gasteiger partial charge in [-0.1, -0.05) is 39.7 Å². The van der Waals surface area contributed by atoms with E-state index in [1.165, 1.54) is 21.2 Å². The largest absolute Gasteiger partial charge is 0.464 e. The summed E-state index contributed by atoms with van der Waals surface area (Å²) in [4.78, 5) is 82.3. The van der Waals surface area contributed by atoms with Gasteiger partial charge in [0.25, 0.3) is 11.8 Å². The zero-order valence-electron chi connectivity index (χ0n) is 39.5. The summed E-state index contributed by atoms with van der Waals surface area (Å²) in [5.41, 5.74) is 15.6. The Morgan fingerprint density at radius 1 is 1.15 bits per heavy atom. The molecular formula is C49H63N9O7S. The topological polar surface area (TPSA) is 194 Å². The summed E-state index contributed by atoms with van der Waals surface area (Å²) in [6.07, 6.45) is 3.45. The van der Waals surface area contributed by atoms with Gasteiger partial charge in [0.15, 0.2) is 0 Å². The van der Waals surface area contributed by atoms with Crippen molar-refractivity contribution in [1.82, 2.24) is 40.1 Å². The number of ether oxygens (including phenoxy) is 2. The molecule has 0 aliphatic carbocycles. The Bertz CT molecular complexity index is 2570. The van der Waals surface area contributed by atoms with Gasteiger partial charge in [0.2, 0.25) is 11.8 Å². The second kappa shape index (κ2) is 20.0. The summed E-state index contributed by atoms with van der Waals surface area (Å²) >= 11 is 1.25. The predicted octanol–water partition coefficient (Wildman–Crippen LogP) is 5.14. The number of cyclic esters (lactones) is 1. The lowest BCUT2D eigenvalue weighted by molar-refractivity contribution is -0.155. The highest BCUT2D eigenvalue weighted by Gasteiger charge is 2.40. The van der Waals surface area contributed by atoms with E-state index in [1.54, 1.807) is 32.2 Å². The number of nitrogens with two attached hydrogens (primary N) is 1. The molecular weight excluding hydrogens is 859 g/mol. The molecule has 3 aliphatic heterocycles. The number of nitrogens with one attached hydrogen (secondary N) is 2. The first-order chi connectivity index (χ1) is 31.5. The molecule has 4 aromatic rings. The molecule has 0 spiro atoms. The maximum absolute atomic E-state index is 14.7. The lowest BCUT2D eigenvalue weighted by atomic mass is 9.84. The van der Waals surface area contributed by atoms with Crippen molar-refractivity contribution in [2.45, 2.75) is 111 Å². The number of carbonyl (C=O) groups excluding carboxylic acids is 5. The number of hydrazine groups is 1. The van der Waals surface area contributed by atoms with Crippen molar-refractivity contribution in [1.29, 1.82) is 0 Å². The molecule has 352 valence electrons. The van der Waals surface area contributed by atoms with E-state index < -0.39 is 47.2 Å². The summed E-state index contributed by atoms with van der Waals surface area (Å²) in [6.45, 7) is 15.2. The number of hydrogen-bond donors (Lipinski definition) is 3. The van der Waals surface area contributed by atoms with Crippen LogP contribution < -0.4 is 16.5 Å². The third kappa shape index (κ3) is 9.82. The molecule has 1 aromatic carbocycles. The molecule has 2 fully saturated rings. The summed E-state index contributed by atoms with van der Waals surface area (Å²) < 4.78 is 14.2. The normalized spacial score (nSPS) is 20.8. The van der Waals surface area contributed by atoms with E-state index in [2.05, 4.69) is 66.1 Å². The summed E-state index contributed by atoms with van der Waals surface area (Å²) in [7, 11) is 3.26. The van der Waals surface area contributed by atoms with Crippen molar-refractivity contribution in [3.8, 4) is 34.4 Å². The van der Waals surface area contributed by atoms with Crippen molar-refractivity contribution in [2.75, 3.05) is 46.1 Å². The molecule has 4 N–H and O–H groups in total. The minimum Gasteiger partial charge on any atom is -0.464 e. The van der Waals surface area contributed by atoms with Crippen LogP contribution in [0.3, 0.4) is 0 Å². The smallest absolute Gasteiger partial charge is 0.324 e. The number of benzene rings is 1. The van der Waals surface area contributed by atoms with Crippen LogP contribution in [0, 0.1) is 29.1 Å². The van der Waals surface area contributed by atoms with Gasteiger partial charge in [-0.2, -0.15) is 0 Å². The summed E-state index contributed by atoms with van der Waals surface area (Å²) in [6, 6.07) is 7.30. The number of thiazole rings is 1. The zero-order valence-corrected chi connectivity index (χ0v) is 40.3. The molecule has 1 unspecified atom stereocenters. The lowest BCUT2D eigenvalue weighted by Crippen LogP contribution is -2.62. The maximum atomic E-state index is 14.7. The van der Waals surface area contributed by atoms with E-state index in [0.29, 0.717) is 54.5 Å². The minimum atomic E-state index is -1.15. The monoisotopic (exact) mass is 921 g/mol. The van der Waals surface area contributed by atoms with Crippen LogP contribution in [0.5, 0.6) is 0 Å². The van der Waals surface area contributed by atoms with E-state index in [0.717, 1.165) is 39.0 Å². The highest BCUT2D eigenvalue weighted by molar-refractivity contribution is 7.16. The average molecular weight is 922 g/mol. The number of pyridine rings is 1. The quantitative estimate of drug-likeness (QED) is 0.149. The highest BCUT2D eigenvalue weighted by atomic mass is 32.1. The second-order valence-electron chi connectivity index (χ2n) is 18.7. The first kappa shape index (κ1) is 48.1. The van der Waals surface area contributed by atoms with Crippen LogP contribution in [0.2, 0.25) is 0 Å². The first-order valence-electron chi connectivity index (χ1n) is 22.9. The molecule has 0 radical (unpaired) electrons. The first-order valence-corrected chi connectivity index (χ1v) is 23.7. The minimum absolute atomic E-state index is 0.00706. The molecule has 3 aromatic heterocycles. The van der Waals surface area contributed by atoms with Crippen molar-refractivity contribution in [3.05, 3.63) is 52.8 Å². The fourth-order valence-corrected chi connectivity index (χ4v) is 10.5. The number of nitrogen functional groups attached to an aromatic ring is 1. The molecule has 3 aliphatic rings. The van der Waals surface area contributed by atoms with E-state index in [-0.39, 0.29) is 50.0 Å². The number of aromatic nitrogens is 3. The number of likely N-dealkylation sites (tertiary alicyclic amines) is 1. The van der Waals surface area contributed by atoms with Crippen molar-refractivity contribution in [3.63, 3.8) is 0 Å². The number of nitrogens with zero attached hydrogens (tertiary/aromatic N) is 6. The Hall–Kier alpha value is -5.83. The van der Waals surface area contributed by atoms with E-state index in [9.17, 15) is 24.0 Å². The van der Waals surface area contributed by atoms with Gasteiger partial charge in [0.1, 0.15) is 28.8 Å². The Morgan fingerprint density at radius 2 is 1.92 bits per heavy atom. The van der Waals surface area contributed by atoms with Gasteiger partial charge in [-0.05, 0) is 88.1 Å². The van der Waals surface area contributed by atoms with Crippen molar-refractivity contribution >= 4 is 56.8 Å². The average Bonchev–Trinajstić information content (AvgIpc) is 4.02. The van der Waals surface area contributed by atoms with Gasteiger partial charge in [-0.15, -0.1) is 11.3 Å². The third-order valence-electron chi connectivity index (χ3n) is 13.0. The Balaban J connectivity index is 1.28. The van der Waals surface area contributed by atoms with Gasteiger partial charge < -0.3 is 34.9 Å². The maximum Gasteiger partial charge on any atom is 0.324 e. The van der Waals surface area contributed by atoms with Crippen LogP contribution in [-0.4, -0.2) is 117 Å². The number of aryl methyl sites for hydroxylation is 1. The number of hydrogen-bond acceptors (Lipinski definition) is 12. The second-order valence-corrected chi connectivity index (χ2v) is 19.8. The number of fused-ring (bicyclic) bond motifs is 6. The molecule has 16 nitrogen and oxygen atoms in total. The molecule has 6 bridgehead atoms. The fraction of sp³-hybridized carbons (Fsp3) is 0.531. The summed E-state index contributed by atoms with van der Waals surface area (Å²) in [5, 5.41) is 6.36. The molecule has 7 rings (SSSR count). The van der Waals surface area contributed by atoms with Gasteiger partial charge in [-0.3, -0.25) is 34.0 Å². The Labute approximate surface area is 390 Å². The SMILES string of the molecule is CC#CC(=O)N1CC[C@H](C(=O)N(C)C(C(=O)N[C@H]2Cc3nc(c(N)s3)-c3ccc4c(c3)c(c(-c3cccnc3[C@H](C)OC)n4CC)CC(C)(C)COC(=O)[C@@H]3CCCN(N3)C2=O)C(C)C)C1. The number of anilines is 1. The number of amides is 4. The number of esters is 1. The zero-order chi connectivity index (χ0) is 47.6. The molecule has 5 atom stereocenters. The third-order valence-corrected chi connectivity index (χ3v) is 13.9.